The van der Waals surface area contributed by atoms with Crippen LogP contribution in [0.2, 0.25) is 0 Å². The molecule has 1 aliphatic heterocycles. The third kappa shape index (κ3) is 4.57. The van der Waals surface area contributed by atoms with Crippen LogP contribution in [-0.2, 0) is 16.0 Å². The van der Waals surface area contributed by atoms with E-state index in [1.165, 1.54) is 11.8 Å². The molecular weight excluding hydrogens is 340 g/mol. The van der Waals surface area contributed by atoms with Gasteiger partial charge in [0.1, 0.15) is 5.75 Å². The van der Waals surface area contributed by atoms with Crippen molar-refractivity contribution in [1.82, 2.24) is 9.97 Å². The summed E-state index contributed by atoms with van der Waals surface area (Å²) in [6.45, 7) is 4.11. The summed E-state index contributed by atoms with van der Waals surface area (Å²) in [5.74, 6) is 0.188. The quantitative estimate of drug-likeness (QED) is 0.340. The van der Waals surface area contributed by atoms with E-state index in [0.29, 0.717) is 17.3 Å². The molecule has 0 bridgehead atoms. The van der Waals surface area contributed by atoms with Crippen molar-refractivity contribution in [3.8, 4) is 5.75 Å². The van der Waals surface area contributed by atoms with Crippen molar-refractivity contribution in [2.75, 3.05) is 19.0 Å². The zero-order valence-corrected chi connectivity index (χ0v) is 14.9. The molecule has 7 heteroatoms. The van der Waals surface area contributed by atoms with Crippen molar-refractivity contribution < 1.29 is 19.1 Å². The van der Waals surface area contributed by atoms with E-state index in [4.69, 9.17) is 9.47 Å². The van der Waals surface area contributed by atoms with Gasteiger partial charge in [0.2, 0.25) is 0 Å². The number of thioether (sulfide) groups is 1. The topological polar surface area (TPSA) is 78.4 Å². The Kier molecular flexibility index (Phi) is 5.33. The van der Waals surface area contributed by atoms with E-state index in [0.717, 1.165) is 29.1 Å². The zero-order valence-electron chi connectivity index (χ0n) is 14.1. The summed E-state index contributed by atoms with van der Waals surface area (Å²) in [5, 5.41) is 0.527. The molecule has 1 aromatic heterocycles. The number of aromatic nitrogens is 2. The van der Waals surface area contributed by atoms with E-state index in [1.54, 1.807) is 18.2 Å². The van der Waals surface area contributed by atoms with Gasteiger partial charge in [-0.15, -0.1) is 0 Å². The molecule has 3 rings (SSSR count). The Bertz CT molecular complexity index is 802. The monoisotopic (exact) mass is 358 g/mol. The Morgan fingerprint density at radius 1 is 1.20 bits per heavy atom. The number of carbonyl (C=O) groups excluding carboxylic acids is 2. The van der Waals surface area contributed by atoms with Crippen LogP contribution in [0.4, 0.5) is 0 Å². The van der Waals surface area contributed by atoms with Crippen molar-refractivity contribution in [2.45, 2.75) is 25.4 Å². The molecule has 25 heavy (non-hydrogen) atoms. The highest BCUT2D eigenvalue weighted by atomic mass is 32.2. The lowest BCUT2D eigenvalue weighted by Crippen LogP contribution is -2.15. The van der Waals surface area contributed by atoms with Crippen molar-refractivity contribution in [2.24, 2.45) is 0 Å². The summed E-state index contributed by atoms with van der Waals surface area (Å²) in [6, 6.07) is 7.14. The molecule has 130 valence electrons. The molecular formula is C18H18N2O4S. The third-order valence-corrected chi connectivity index (χ3v) is 4.48. The first-order valence-electron chi connectivity index (χ1n) is 7.91. The lowest BCUT2D eigenvalue weighted by molar-refractivity contribution is -0.139. The highest BCUT2D eigenvalue weighted by Crippen LogP contribution is 2.26. The number of Topliss-reactive ketones (excluding diaryl/α,β-unsaturated/α-hetero) is 1. The molecule has 0 unspecified atom stereocenters. The van der Waals surface area contributed by atoms with Gasteiger partial charge in [-0.2, -0.15) is 0 Å². The predicted octanol–water partition coefficient (Wildman–Crippen LogP) is 2.55. The first-order valence-corrected chi connectivity index (χ1v) is 8.89. The molecule has 1 aromatic carbocycles. The number of esters is 1. The Balaban J connectivity index is 1.49. The van der Waals surface area contributed by atoms with Crippen LogP contribution < -0.4 is 4.74 Å². The van der Waals surface area contributed by atoms with Gasteiger partial charge in [-0.05, 0) is 43.7 Å². The minimum Gasteiger partial charge on any atom is -0.493 e. The average molecular weight is 358 g/mol. The summed E-state index contributed by atoms with van der Waals surface area (Å²) in [7, 11) is 0. The molecule has 6 nitrogen and oxygen atoms in total. The molecule has 0 radical (unpaired) electrons. The number of rotatable bonds is 6. The Morgan fingerprint density at radius 2 is 1.96 bits per heavy atom. The summed E-state index contributed by atoms with van der Waals surface area (Å²) in [4.78, 5) is 32.5. The highest BCUT2D eigenvalue weighted by molar-refractivity contribution is 7.99. The number of benzene rings is 1. The number of hydrogen-bond acceptors (Lipinski definition) is 7. The van der Waals surface area contributed by atoms with Gasteiger partial charge in [-0.1, -0.05) is 11.8 Å². The van der Waals surface area contributed by atoms with Gasteiger partial charge in [-0.25, -0.2) is 9.97 Å². The van der Waals surface area contributed by atoms with Crippen molar-refractivity contribution >= 4 is 23.5 Å². The zero-order chi connectivity index (χ0) is 17.8. The molecule has 2 heterocycles. The smallest absolute Gasteiger partial charge is 0.316 e. The van der Waals surface area contributed by atoms with Gasteiger partial charge in [0.15, 0.2) is 17.5 Å². The average Bonchev–Trinajstić information content (AvgIpc) is 3.04. The standard InChI is InChI=1S/C18H18N2O4S/c1-11-7-12(2)20-18(19-11)25-10-17(22)24-9-15(21)13-3-4-16-14(8-13)5-6-23-16/h3-4,7-8H,5-6,9-10H2,1-2H3. The van der Waals surface area contributed by atoms with Crippen LogP contribution >= 0.6 is 11.8 Å². The number of fused-ring (bicyclic) bond motifs is 1. The highest BCUT2D eigenvalue weighted by Gasteiger charge is 2.16. The Hall–Kier alpha value is -2.41. The molecule has 2 aromatic rings. The van der Waals surface area contributed by atoms with E-state index in [-0.39, 0.29) is 18.1 Å². The van der Waals surface area contributed by atoms with Crippen molar-refractivity contribution in [3.63, 3.8) is 0 Å². The van der Waals surface area contributed by atoms with Crippen LogP contribution in [0.1, 0.15) is 27.3 Å². The van der Waals surface area contributed by atoms with Crippen LogP contribution in [0.5, 0.6) is 5.75 Å². The molecule has 0 spiro atoms. The van der Waals surface area contributed by atoms with Gasteiger partial charge < -0.3 is 9.47 Å². The molecule has 0 fully saturated rings. The maximum absolute atomic E-state index is 12.2. The summed E-state index contributed by atoms with van der Waals surface area (Å²) in [5.41, 5.74) is 3.24. The molecule has 0 N–H and O–H groups in total. The number of carbonyl (C=O) groups is 2. The molecule has 1 aliphatic rings. The Labute approximate surface area is 150 Å². The van der Waals surface area contributed by atoms with E-state index < -0.39 is 5.97 Å². The largest absolute Gasteiger partial charge is 0.493 e. The second-order valence-corrected chi connectivity index (χ2v) is 6.67. The van der Waals surface area contributed by atoms with Gasteiger partial charge in [-0.3, -0.25) is 9.59 Å². The fourth-order valence-electron chi connectivity index (χ4n) is 2.51. The minimum absolute atomic E-state index is 0.0637. The number of nitrogens with zero attached hydrogens (tertiary/aromatic N) is 2. The maximum atomic E-state index is 12.2. The van der Waals surface area contributed by atoms with E-state index in [9.17, 15) is 9.59 Å². The van der Waals surface area contributed by atoms with E-state index in [2.05, 4.69) is 9.97 Å². The lowest BCUT2D eigenvalue weighted by atomic mass is 10.1. The van der Waals surface area contributed by atoms with Crippen LogP contribution in [0.15, 0.2) is 29.4 Å². The second-order valence-electron chi connectivity index (χ2n) is 5.73. The second kappa shape index (κ2) is 7.65. The molecule has 0 atom stereocenters. The first kappa shape index (κ1) is 17.4. The number of aryl methyl sites for hydroxylation is 2. The molecule has 0 saturated heterocycles. The molecule has 0 amide bonds. The van der Waals surface area contributed by atoms with Gasteiger partial charge in [0, 0.05) is 23.4 Å². The summed E-state index contributed by atoms with van der Waals surface area (Å²) < 4.78 is 10.5. The van der Waals surface area contributed by atoms with E-state index >= 15 is 0 Å². The first-order chi connectivity index (χ1) is 12.0. The summed E-state index contributed by atoms with van der Waals surface area (Å²) >= 11 is 1.20. The van der Waals surface area contributed by atoms with Crippen LogP contribution in [-0.4, -0.2) is 40.7 Å². The summed E-state index contributed by atoms with van der Waals surface area (Å²) in [6.07, 6.45) is 0.794. The third-order valence-electron chi connectivity index (χ3n) is 3.66. The normalized spacial score (nSPS) is 12.4. The fraction of sp³-hybridized carbons (Fsp3) is 0.333. The molecule has 0 saturated carbocycles. The maximum Gasteiger partial charge on any atom is 0.316 e. The van der Waals surface area contributed by atoms with Crippen molar-refractivity contribution in [1.29, 1.82) is 0 Å². The van der Waals surface area contributed by atoms with Gasteiger partial charge in [0.25, 0.3) is 0 Å². The van der Waals surface area contributed by atoms with E-state index in [1.807, 2.05) is 19.9 Å². The molecule has 0 aliphatic carbocycles. The SMILES string of the molecule is Cc1cc(C)nc(SCC(=O)OCC(=O)c2ccc3c(c2)CCO3)n1. The van der Waals surface area contributed by atoms with Gasteiger partial charge >= 0.3 is 5.97 Å². The Morgan fingerprint density at radius 3 is 2.72 bits per heavy atom. The fourth-order valence-corrected chi connectivity index (χ4v) is 3.26. The van der Waals surface area contributed by atoms with Crippen LogP contribution in [0, 0.1) is 13.8 Å². The van der Waals surface area contributed by atoms with Crippen LogP contribution in [0.25, 0.3) is 0 Å². The number of hydrogen-bond donors (Lipinski definition) is 0. The number of ketones is 1. The van der Waals surface area contributed by atoms with Crippen molar-refractivity contribution in [3.05, 3.63) is 46.8 Å². The van der Waals surface area contributed by atoms with Gasteiger partial charge in [0.05, 0.1) is 12.4 Å². The predicted molar refractivity (Wildman–Crippen MR) is 93.2 cm³/mol. The minimum atomic E-state index is -0.467. The van der Waals surface area contributed by atoms with Crippen LogP contribution in [0.3, 0.4) is 0 Å². The number of ether oxygens (including phenoxy) is 2. The lowest BCUT2D eigenvalue weighted by Gasteiger charge is -2.06.